The van der Waals surface area contributed by atoms with Crippen molar-refractivity contribution in [3.63, 3.8) is 0 Å². The summed E-state index contributed by atoms with van der Waals surface area (Å²) >= 11 is 0. The number of anilines is 1. The van der Waals surface area contributed by atoms with E-state index in [1.54, 1.807) is 24.0 Å². The fourth-order valence-electron chi connectivity index (χ4n) is 0.994. The van der Waals surface area contributed by atoms with E-state index in [9.17, 15) is 4.79 Å². The number of carbonyl (C=O) groups is 1. The summed E-state index contributed by atoms with van der Waals surface area (Å²) in [5.74, 6) is 0.464. The number of aryl methyl sites for hydroxylation is 1. The van der Waals surface area contributed by atoms with Crippen LogP contribution >= 0.6 is 0 Å². The molecule has 5 nitrogen and oxygen atoms in total. The van der Waals surface area contributed by atoms with Gasteiger partial charge in [-0.2, -0.15) is 5.10 Å². The highest BCUT2D eigenvalue weighted by molar-refractivity contribution is 5.93. The molecule has 5 heteroatoms. The van der Waals surface area contributed by atoms with Crippen LogP contribution in [0.5, 0.6) is 0 Å². The average molecular weight is 196 g/mol. The normalized spacial score (nSPS) is 12.9. The summed E-state index contributed by atoms with van der Waals surface area (Å²) in [5.41, 5.74) is 5.67. The molecule has 1 unspecified atom stereocenters. The number of nitrogens with two attached hydrogens (primary N) is 1. The van der Waals surface area contributed by atoms with Gasteiger partial charge in [0.25, 0.3) is 0 Å². The SMILES string of the molecule is CC(C)C(N)C(=O)Nc1ccn(C)n1. The van der Waals surface area contributed by atoms with E-state index in [4.69, 9.17) is 5.73 Å². The maximum Gasteiger partial charge on any atom is 0.242 e. The van der Waals surface area contributed by atoms with Crippen LogP contribution in [0.4, 0.5) is 5.82 Å². The lowest BCUT2D eigenvalue weighted by Gasteiger charge is -2.13. The van der Waals surface area contributed by atoms with Gasteiger partial charge in [-0.15, -0.1) is 0 Å². The third kappa shape index (κ3) is 2.56. The van der Waals surface area contributed by atoms with Gasteiger partial charge in [0, 0.05) is 19.3 Å². The van der Waals surface area contributed by atoms with Crippen molar-refractivity contribution in [3.05, 3.63) is 12.3 Å². The first-order valence-electron chi connectivity index (χ1n) is 4.57. The Morgan fingerprint density at radius 1 is 1.64 bits per heavy atom. The van der Waals surface area contributed by atoms with Gasteiger partial charge in [0.1, 0.15) is 0 Å². The molecule has 1 rings (SSSR count). The summed E-state index contributed by atoms with van der Waals surface area (Å²) in [6, 6.07) is 1.24. The monoisotopic (exact) mass is 196 g/mol. The minimum atomic E-state index is -0.489. The number of amides is 1. The second-order valence-corrected chi connectivity index (χ2v) is 3.63. The molecule has 1 aromatic heterocycles. The maximum atomic E-state index is 11.5. The van der Waals surface area contributed by atoms with Gasteiger partial charge >= 0.3 is 0 Å². The third-order valence-electron chi connectivity index (χ3n) is 1.99. The van der Waals surface area contributed by atoms with E-state index in [1.807, 2.05) is 13.8 Å². The summed E-state index contributed by atoms with van der Waals surface area (Å²) in [4.78, 5) is 11.5. The molecule has 0 radical (unpaired) electrons. The summed E-state index contributed by atoms with van der Waals surface area (Å²) < 4.78 is 1.62. The Kier molecular flexibility index (Phi) is 3.24. The number of hydrogen-bond donors (Lipinski definition) is 2. The minimum absolute atomic E-state index is 0.124. The van der Waals surface area contributed by atoms with Crippen molar-refractivity contribution < 1.29 is 4.79 Å². The molecular weight excluding hydrogens is 180 g/mol. The van der Waals surface area contributed by atoms with Gasteiger partial charge < -0.3 is 11.1 Å². The molecule has 3 N–H and O–H groups in total. The summed E-state index contributed by atoms with van der Waals surface area (Å²) in [6.45, 7) is 3.81. The quantitative estimate of drug-likeness (QED) is 0.732. The van der Waals surface area contributed by atoms with Gasteiger partial charge in [-0.05, 0) is 5.92 Å². The molecule has 0 aliphatic heterocycles. The Balaban J connectivity index is 2.57. The predicted molar refractivity (Wildman–Crippen MR) is 54.7 cm³/mol. The van der Waals surface area contributed by atoms with E-state index in [0.29, 0.717) is 5.82 Å². The number of carbonyl (C=O) groups excluding carboxylic acids is 1. The van der Waals surface area contributed by atoms with Crippen LogP contribution in [0.15, 0.2) is 12.3 Å². The molecule has 0 bridgehead atoms. The second-order valence-electron chi connectivity index (χ2n) is 3.63. The molecule has 1 heterocycles. The number of hydrogen-bond acceptors (Lipinski definition) is 3. The molecular formula is C9H16N4O. The van der Waals surface area contributed by atoms with Crippen molar-refractivity contribution in [1.29, 1.82) is 0 Å². The topological polar surface area (TPSA) is 72.9 Å². The molecule has 1 atom stereocenters. The standard InChI is InChI=1S/C9H16N4O/c1-6(2)8(10)9(14)11-7-4-5-13(3)12-7/h4-6,8H,10H2,1-3H3,(H,11,12,14). The first-order valence-corrected chi connectivity index (χ1v) is 4.57. The van der Waals surface area contributed by atoms with Crippen LogP contribution in [0.1, 0.15) is 13.8 Å². The van der Waals surface area contributed by atoms with Gasteiger partial charge in [-0.3, -0.25) is 9.48 Å². The van der Waals surface area contributed by atoms with Gasteiger partial charge in [-0.25, -0.2) is 0 Å². The van der Waals surface area contributed by atoms with Crippen molar-refractivity contribution in [1.82, 2.24) is 9.78 Å². The van der Waals surface area contributed by atoms with Crippen LogP contribution in [0.25, 0.3) is 0 Å². The van der Waals surface area contributed by atoms with E-state index in [1.165, 1.54) is 0 Å². The Morgan fingerprint density at radius 3 is 2.71 bits per heavy atom. The van der Waals surface area contributed by atoms with Crippen LogP contribution < -0.4 is 11.1 Å². The van der Waals surface area contributed by atoms with Crippen LogP contribution in [-0.2, 0) is 11.8 Å². The molecule has 14 heavy (non-hydrogen) atoms. The molecule has 78 valence electrons. The largest absolute Gasteiger partial charge is 0.320 e. The molecule has 0 aliphatic rings. The van der Waals surface area contributed by atoms with E-state index in [2.05, 4.69) is 10.4 Å². The van der Waals surface area contributed by atoms with E-state index in [-0.39, 0.29) is 11.8 Å². The van der Waals surface area contributed by atoms with Crippen molar-refractivity contribution in [2.45, 2.75) is 19.9 Å². The molecule has 0 aliphatic carbocycles. The van der Waals surface area contributed by atoms with Gasteiger partial charge in [0.15, 0.2) is 5.82 Å². The number of nitrogens with zero attached hydrogens (tertiary/aromatic N) is 2. The predicted octanol–water partition coefficient (Wildman–Crippen LogP) is 0.342. The highest BCUT2D eigenvalue weighted by atomic mass is 16.2. The molecule has 1 aromatic rings. The molecule has 0 spiro atoms. The fraction of sp³-hybridized carbons (Fsp3) is 0.556. The Morgan fingerprint density at radius 2 is 2.29 bits per heavy atom. The Labute approximate surface area is 83.3 Å². The fourth-order valence-corrected chi connectivity index (χ4v) is 0.994. The van der Waals surface area contributed by atoms with E-state index < -0.39 is 6.04 Å². The Bertz CT molecular complexity index is 318. The van der Waals surface area contributed by atoms with E-state index in [0.717, 1.165) is 0 Å². The average Bonchev–Trinajstić information content (AvgIpc) is 2.49. The number of rotatable bonds is 3. The van der Waals surface area contributed by atoms with Gasteiger partial charge in [0.2, 0.25) is 5.91 Å². The lowest BCUT2D eigenvalue weighted by atomic mass is 10.1. The van der Waals surface area contributed by atoms with Crippen molar-refractivity contribution in [3.8, 4) is 0 Å². The zero-order valence-electron chi connectivity index (χ0n) is 8.69. The third-order valence-corrected chi connectivity index (χ3v) is 1.99. The van der Waals surface area contributed by atoms with Crippen molar-refractivity contribution >= 4 is 11.7 Å². The highest BCUT2D eigenvalue weighted by Gasteiger charge is 2.17. The lowest BCUT2D eigenvalue weighted by Crippen LogP contribution is -2.39. The number of nitrogens with one attached hydrogen (secondary N) is 1. The van der Waals surface area contributed by atoms with Crippen LogP contribution in [0.3, 0.4) is 0 Å². The zero-order chi connectivity index (χ0) is 10.7. The molecule has 1 amide bonds. The minimum Gasteiger partial charge on any atom is -0.320 e. The lowest BCUT2D eigenvalue weighted by molar-refractivity contribution is -0.118. The first kappa shape index (κ1) is 10.7. The Hall–Kier alpha value is -1.36. The number of aromatic nitrogens is 2. The maximum absolute atomic E-state index is 11.5. The highest BCUT2D eigenvalue weighted by Crippen LogP contribution is 2.04. The molecule has 0 aromatic carbocycles. The van der Waals surface area contributed by atoms with E-state index >= 15 is 0 Å². The van der Waals surface area contributed by atoms with Gasteiger partial charge in [0.05, 0.1) is 6.04 Å². The molecule has 0 saturated heterocycles. The molecule has 0 saturated carbocycles. The van der Waals surface area contributed by atoms with Crippen LogP contribution in [0, 0.1) is 5.92 Å². The van der Waals surface area contributed by atoms with Crippen LogP contribution in [0.2, 0.25) is 0 Å². The zero-order valence-corrected chi connectivity index (χ0v) is 8.69. The summed E-state index contributed by atoms with van der Waals surface area (Å²) in [7, 11) is 1.79. The van der Waals surface area contributed by atoms with Crippen molar-refractivity contribution in [2.75, 3.05) is 5.32 Å². The molecule has 0 fully saturated rings. The second kappa shape index (κ2) is 4.23. The summed E-state index contributed by atoms with van der Waals surface area (Å²) in [5, 5.41) is 6.67. The van der Waals surface area contributed by atoms with Crippen LogP contribution in [-0.4, -0.2) is 21.7 Å². The van der Waals surface area contributed by atoms with Crippen molar-refractivity contribution in [2.24, 2.45) is 18.7 Å². The van der Waals surface area contributed by atoms with Gasteiger partial charge in [-0.1, -0.05) is 13.8 Å². The summed E-state index contributed by atoms with van der Waals surface area (Å²) in [6.07, 6.45) is 1.76. The smallest absolute Gasteiger partial charge is 0.242 e. The first-order chi connectivity index (χ1) is 6.50.